The summed E-state index contributed by atoms with van der Waals surface area (Å²) < 4.78 is 15.0. The number of benzene rings is 6. The quantitative estimate of drug-likeness (QED) is 0.0516. The number of fused-ring (bicyclic) bond motifs is 1. The molecule has 0 spiro atoms. The summed E-state index contributed by atoms with van der Waals surface area (Å²) in [7, 11) is 3.18. The summed E-state index contributed by atoms with van der Waals surface area (Å²) in [5.74, 6) is -0.209. The standard InChI is InChI=1S/C50H47N5O5.N2/c1-58-35-37(34-56)33-44(60-50(41-27-15-6-16-28-41,42-29-17-7-18-30-42)43-31-19-8-20-32-43)54-36-51-45-46(54)52-48(53-47(45)57)55(59-2)49(38-21-9-3-10-22-38,39-23-11-4-12-24-39)40-25-13-5-14-26-40;1-2/h3-32,36-37,44,56H,33-35H2,1-2H3,(H,52,53,57);. The van der Waals surface area contributed by atoms with Gasteiger partial charge in [0.05, 0.1) is 20.0 Å². The third-order valence-corrected chi connectivity index (χ3v) is 11.0. The first-order valence-corrected chi connectivity index (χ1v) is 20.2. The lowest BCUT2D eigenvalue weighted by molar-refractivity contribution is -0.101. The SMILES string of the molecule is COCC(CO)CC(OC(c1ccccc1)(c1ccccc1)c1ccccc1)n1cnc2c(=O)[nH]c(N(OC)C(c3ccccc3)(c3ccccc3)c3ccccc3)nc21.N#N. The second-order valence-electron chi connectivity index (χ2n) is 14.6. The topological polar surface area (TPSA) is 162 Å². The average molecular weight is 826 g/mol. The molecule has 312 valence electrons. The van der Waals surface area contributed by atoms with Crippen LogP contribution in [0.1, 0.15) is 46.0 Å². The van der Waals surface area contributed by atoms with Crippen molar-refractivity contribution in [2.45, 2.75) is 23.8 Å². The van der Waals surface area contributed by atoms with Gasteiger partial charge in [-0.2, -0.15) is 4.98 Å². The molecule has 2 aromatic heterocycles. The smallest absolute Gasteiger partial charge is 0.280 e. The molecule has 2 unspecified atom stereocenters. The number of nitrogens with zero attached hydrogens (tertiary/aromatic N) is 6. The van der Waals surface area contributed by atoms with Gasteiger partial charge in [0.25, 0.3) is 5.56 Å². The van der Waals surface area contributed by atoms with Crippen LogP contribution in [0.4, 0.5) is 5.95 Å². The number of rotatable bonds is 17. The van der Waals surface area contributed by atoms with Crippen LogP contribution in [0.5, 0.6) is 0 Å². The monoisotopic (exact) mass is 825 g/mol. The number of nitrogens with one attached hydrogen (secondary N) is 1. The van der Waals surface area contributed by atoms with E-state index < -0.39 is 22.9 Å². The summed E-state index contributed by atoms with van der Waals surface area (Å²) in [5, 5.41) is 24.4. The summed E-state index contributed by atoms with van der Waals surface area (Å²) >= 11 is 0. The van der Waals surface area contributed by atoms with Crippen LogP contribution in [0.3, 0.4) is 0 Å². The van der Waals surface area contributed by atoms with Gasteiger partial charge < -0.3 is 14.6 Å². The molecule has 0 saturated heterocycles. The molecule has 0 aliphatic rings. The number of anilines is 1. The predicted molar refractivity (Wildman–Crippen MR) is 237 cm³/mol. The number of hydroxylamine groups is 1. The van der Waals surface area contributed by atoms with Crippen LogP contribution in [-0.2, 0) is 25.5 Å². The molecular weight excluding hydrogens is 779 g/mol. The third-order valence-electron chi connectivity index (χ3n) is 11.0. The lowest BCUT2D eigenvalue weighted by Gasteiger charge is -2.43. The Labute approximate surface area is 360 Å². The highest BCUT2D eigenvalue weighted by molar-refractivity contribution is 5.72. The van der Waals surface area contributed by atoms with Crippen LogP contribution in [0.2, 0.25) is 0 Å². The molecule has 0 aliphatic carbocycles. The van der Waals surface area contributed by atoms with Crippen LogP contribution in [-0.4, -0.2) is 52.1 Å². The molecule has 0 aliphatic heterocycles. The molecule has 2 atom stereocenters. The summed E-state index contributed by atoms with van der Waals surface area (Å²) in [6.45, 7) is 0.0995. The Morgan fingerprint density at radius 3 is 1.44 bits per heavy atom. The number of imidazole rings is 1. The van der Waals surface area contributed by atoms with E-state index in [1.807, 2.05) is 146 Å². The predicted octanol–water partition coefficient (Wildman–Crippen LogP) is 8.66. The summed E-state index contributed by atoms with van der Waals surface area (Å²) in [4.78, 5) is 33.7. The third kappa shape index (κ3) is 8.13. The van der Waals surface area contributed by atoms with E-state index in [4.69, 9.17) is 30.1 Å². The zero-order valence-corrected chi connectivity index (χ0v) is 34.4. The van der Waals surface area contributed by atoms with Gasteiger partial charge in [0, 0.05) is 36.8 Å². The summed E-state index contributed by atoms with van der Waals surface area (Å²) in [5.41, 5.74) is 2.93. The molecule has 12 heteroatoms. The first-order chi connectivity index (χ1) is 30.5. The number of aliphatic hydroxyl groups excluding tert-OH is 1. The van der Waals surface area contributed by atoms with Crippen LogP contribution < -0.4 is 10.6 Å². The zero-order chi connectivity index (χ0) is 43.4. The molecular formula is C50H47N7O5. The largest absolute Gasteiger partial charge is 0.396 e. The maximum absolute atomic E-state index is 14.4. The van der Waals surface area contributed by atoms with Crippen molar-refractivity contribution in [3.63, 3.8) is 0 Å². The Bertz CT molecular complexity index is 2490. The van der Waals surface area contributed by atoms with Gasteiger partial charge in [-0.05, 0) is 33.4 Å². The Balaban J connectivity index is 0.00000285. The normalized spacial score (nSPS) is 12.5. The molecule has 6 aromatic carbocycles. The minimum Gasteiger partial charge on any atom is -0.396 e. The van der Waals surface area contributed by atoms with E-state index in [0.717, 1.165) is 33.4 Å². The Morgan fingerprint density at radius 1 is 0.661 bits per heavy atom. The Kier molecular flexibility index (Phi) is 13.7. The molecule has 2 heterocycles. The van der Waals surface area contributed by atoms with E-state index in [9.17, 15) is 9.90 Å². The van der Waals surface area contributed by atoms with Crippen molar-refractivity contribution in [3.05, 3.63) is 232 Å². The number of ether oxygens (including phenoxy) is 2. The summed E-state index contributed by atoms with van der Waals surface area (Å²) in [6, 6.07) is 60.2. The number of methoxy groups -OCH3 is 1. The van der Waals surface area contributed by atoms with Crippen molar-refractivity contribution in [3.8, 4) is 0 Å². The fourth-order valence-corrected chi connectivity index (χ4v) is 8.35. The van der Waals surface area contributed by atoms with E-state index in [0.29, 0.717) is 0 Å². The number of H-pyrrole nitrogens is 1. The van der Waals surface area contributed by atoms with Crippen molar-refractivity contribution in [1.82, 2.24) is 19.5 Å². The van der Waals surface area contributed by atoms with Crippen molar-refractivity contribution >= 4 is 17.1 Å². The average Bonchev–Trinajstić information content (AvgIpc) is 3.79. The number of aliphatic hydroxyl groups is 1. The number of hydrogen-bond donors (Lipinski definition) is 2. The molecule has 0 amide bonds. The Morgan fingerprint density at radius 2 is 1.06 bits per heavy atom. The van der Waals surface area contributed by atoms with E-state index in [2.05, 4.69) is 46.4 Å². The van der Waals surface area contributed by atoms with Crippen LogP contribution in [0, 0.1) is 16.7 Å². The van der Waals surface area contributed by atoms with Crippen molar-refractivity contribution in [2.75, 3.05) is 32.5 Å². The molecule has 8 aromatic rings. The van der Waals surface area contributed by atoms with Gasteiger partial charge in [-0.3, -0.25) is 19.2 Å². The molecule has 2 N–H and O–H groups in total. The minimum absolute atomic E-state index is 0.116. The van der Waals surface area contributed by atoms with Crippen molar-refractivity contribution in [1.29, 1.82) is 10.8 Å². The fourth-order valence-electron chi connectivity index (χ4n) is 8.35. The molecule has 0 bridgehead atoms. The van der Waals surface area contributed by atoms with E-state index in [-0.39, 0.29) is 42.7 Å². The summed E-state index contributed by atoms with van der Waals surface area (Å²) in [6.07, 6.45) is 1.02. The lowest BCUT2D eigenvalue weighted by atomic mass is 9.76. The second-order valence-corrected chi connectivity index (χ2v) is 14.6. The number of hydrogen-bond acceptors (Lipinski definition) is 10. The molecule has 62 heavy (non-hydrogen) atoms. The van der Waals surface area contributed by atoms with E-state index in [1.54, 1.807) is 30.2 Å². The maximum Gasteiger partial charge on any atom is 0.280 e. The Hall–Kier alpha value is -7.27. The highest BCUT2D eigenvalue weighted by Crippen LogP contribution is 2.46. The first-order valence-electron chi connectivity index (χ1n) is 20.2. The maximum atomic E-state index is 14.4. The number of aromatic nitrogens is 4. The second kappa shape index (κ2) is 19.9. The van der Waals surface area contributed by atoms with Crippen LogP contribution in [0.15, 0.2) is 193 Å². The van der Waals surface area contributed by atoms with Crippen molar-refractivity contribution in [2.24, 2.45) is 5.92 Å². The van der Waals surface area contributed by atoms with Crippen molar-refractivity contribution < 1.29 is 19.4 Å². The van der Waals surface area contributed by atoms with Gasteiger partial charge in [-0.15, -0.1) is 0 Å². The van der Waals surface area contributed by atoms with Gasteiger partial charge in [0.15, 0.2) is 11.2 Å². The van der Waals surface area contributed by atoms with Gasteiger partial charge in [-0.1, -0.05) is 182 Å². The molecule has 0 radical (unpaired) electrons. The highest BCUT2D eigenvalue weighted by atomic mass is 16.7. The highest BCUT2D eigenvalue weighted by Gasteiger charge is 2.46. The number of aromatic amines is 1. The first kappa shape index (κ1) is 42.8. The lowest BCUT2D eigenvalue weighted by Crippen LogP contribution is -2.49. The molecule has 0 fully saturated rings. The van der Waals surface area contributed by atoms with Crippen LogP contribution >= 0.6 is 0 Å². The van der Waals surface area contributed by atoms with E-state index in [1.165, 1.54) is 0 Å². The fraction of sp³-hybridized carbons (Fsp3) is 0.180. The molecule has 8 rings (SSSR count). The molecule has 0 saturated carbocycles. The zero-order valence-electron chi connectivity index (χ0n) is 34.4. The van der Waals surface area contributed by atoms with Gasteiger partial charge in [0.1, 0.15) is 17.4 Å². The van der Waals surface area contributed by atoms with Gasteiger partial charge >= 0.3 is 0 Å². The van der Waals surface area contributed by atoms with Gasteiger partial charge in [0.2, 0.25) is 5.95 Å². The minimum atomic E-state index is -1.16. The van der Waals surface area contributed by atoms with E-state index >= 15 is 0 Å². The molecule has 12 nitrogen and oxygen atoms in total. The van der Waals surface area contributed by atoms with Crippen LogP contribution in [0.25, 0.3) is 11.2 Å². The van der Waals surface area contributed by atoms with Gasteiger partial charge in [-0.25, -0.2) is 10.0 Å².